The van der Waals surface area contributed by atoms with Gasteiger partial charge in [0, 0.05) is 11.1 Å². The standard InChI is InChI=1S/C50H30N2O/c1-2-13-32(14-3-1)50-51-47(49-48(52-50)46-38-19-5-4-12-31(38)25-27-45(46)53-49)37-18-11-17-35(29-37)33-15-10-16-34(28-33)36-24-26-43-41-22-7-6-20-39(41)40-21-8-9-23-42(40)44(43)30-36/h1-30H. The molecule has 246 valence electrons. The van der Waals surface area contributed by atoms with Crippen molar-refractivity contribution in [1.29, 1.82) is 0 Å². The molecule has 9 aromatic carbocycles. The molecule has 0 aliphatic rings. The van der Waals surface area contributed by atoms with E-state index in [1.165, 1.54) is 43.4 Å². The van der Waals surface area contributed by atoms with E-state index in [2.05, 4.69) is 158 Å². The molecular weight excluding hydrogens is 645 g/mol. The van der Waals surface area contributed by atoms with E-state index in [9.17, 15) is 0 Å². The molecule has 3 heteroatoms. The van der Waals surface area contributed by atoms with E-state index in [-0.39, 0.29) is 0 Å². The fourth-order valence-corrected chi connectivity index (χ4v) is 8.13. The number of benzene rings is 9. The van der Waals surface area contributed by atoms with Crippen LogP contribution in [0.3, 0.4) is 0 Å². The lowest BCUT2D eigenvalue weighted by Gasteiger charge is -2.13. The van der Waals surface area contributed by atoms with Crippen LogP contribution >= 0.6 is 0 Å². The first kappa shape index (κ1) is 29.6. The topological polar surface area (TPSA) is 38.9 Å². The maximum Gasteiger partial charge on any atom is 0.180 e. The van der Waals surface area contributed by atoms with Gasteiger partial charge in [-0.05, 0) is 89.6 Å². The molecule has 0 saturated heterocycles. The molecule has 2 aromatic heterocycles. The van der Waals surface area contributed by atoms with Crippen molar-refractivity contribution >= 4 is 65.2 Å². The molecule has 0 spiro atoms. The van der Waals surface area contributed by atoms with E-state index >= 15 is 0 Å². The van der Waals surface area contributed by atoms with Crippen molar-refractivity contribution in [1.82, 2.24) is 9.97 Å². The van der Waals surface area contributed by atoms with Crippen molar-refractivity contribution in [2.24, 2.45) is 0 Å². The minimum absolute atomic E-state index is 0.674. The summed E-state index contributed by atoms with van der Waals surface area (Å²) in [7, 11) is 0. The Balaban J connectivity index is 1.07. The zero-order chi connectivity index (χ0) is 34.9. The Bertz CT molecular complexity index is 3200. The van der Waals surface area contributed by atoms with Gasteiger partial charge in [0.15, 0.2) is 11.4 Å². The monoisotopic (exact) mass is 674 g/mol. The first-order valence-corrected chi connectivity index (χ1v) is 18.0. The average molecular weight is 675 g/mol. The Morgan fingerprint density at radius 1 is 0.340 bits per heavy atom. The van der Waals surface area contributed by atoms with Gasteiger partial charge in [-0.2, -0.15) is 0 Å². The molecule has 0 bridgehead atoms. The summed E-state index contributed by atoms with van der Waals surface area (Å²) in [5.74, 6) is 0.674. The van der Waals surface area contributed by atoms with E-state index in [0.717, 1.165) is 55.2 Å². The van der Waals surface area contributed by atoms with Crippen LogP contribution in [-0.2, 0) is 0 Å². The Kier molecular flexibility index (Phi) is 6.55. The summed E-state index contributed by atoms with van der Waals surface area (Å²) in [5, 5.41) is 11.0. The van der Waals surface area contributed by atoms with Crippen LogP contribution in [0.25, 0.3) is 110 Å². The largest absolute Gasteiger partial charge is 0.452 e. The van der Waals surface area contributed by atoms with Crippen LogP contribution in [0.2, 0.25) is 0 Å². The summed E-state index contributed by atoms with van der Waals surface area (Å²) in [6, 6.07) is 64.6. The van der Waals surface area contributed by atoms with E-state index in [4.69, 9.17) is 14.4 Å². The summed E-state index contributed by atoms with van der Waals surface area (Å²) in [4.78, 5) is 10.3. The Morgan fingerprint density at radius 2 is 0.868 bits per heavy atom. The zero-order valence-electron chi connectivity index (χ0n) is 28.6. The van der Waals surface area contributed by atoms with Crippen LogP contribution in [-0.4, -0.2) is 9.97 Å². The van der Waals surface area contributed by atoms with Crippen LogP contribution in [0.15, 0.2) is 186 Å². The van der Waals surface area contributed by atoms with Crippen LogP contribution in [0.1, 0.15) is 0 Å². The fraction of sp³-hybridized carbons (Fsp3) is 0. The fourth-order valence-electron chi connectivity index (χ4n) is 8.13. The van der Waals surface area contributed by atoms with Gasteiger partial charge >= 0.3 is 0 Å². The van der Waals surface area contributed by atoms with E-state index < -0.39 is 0 Å². The molecule has 3 nitrogen and oxygen atoms in total. The Morgan fingerprint density at radius 3 is 1.57 bits per heavy atom. The van der Waals surface area contributed by atoms with Gasteiger partial charge in [-0.25, -0.2) is 9.97 Å². The van der Waals surface area contributed by atoms with E-state index in [1.54, 1.807) is 0 Å². The average Bonchev–Trinajstić information content (AvgIpc) is 3.63. The Hall–Kier alpha value is -7.10. The normalized spacial score (nSPS) is 11.8. The van der Waals surface area contributed by atoms with Crippen molar-refractivity contribution in [2.45, 2.75) is 0 Å². The van der Waals surface area contributed by atoms with Crippen molar-refractivity contribution in [3.63, 3.8) is 0 Å². The van der Waals surface area contributed by atoms with Crippen molar-refractivity contribution in [2.75, 3.05) is 0 Å². The predicted octanol–water partition coefficient (Wildman–Crippen LogP) is 13.7. The Labute approximate surface area is 305 Å². The van der Waals surface area contributed by atoms with Crippen molar-refractivity contribution in [3.05, 3.63) is 182 Å². The second kappa shape index (κ2) is 11.7. The highest BCUT2D eigenvalue weighted by atomic mass is 16.3. The van der Waals surface area contributed by atoms with E-state index in [1.807, 2.05) is 24.3 Å². The summed E-state index contributed by atoms with van der Waals surface area (Å²) in [5.41, 5.74) is 9.65. The van der Waals surface area contributed by atoms with E-state index in [0.29, 0.717) is 11.4 Å². The second-order valence-electron chi connectivity index (χ2n) is 13.7. The van der Waals surface area contributed by atoms with Gasteiger partial charge in [0.1, 0.15) is 16.8 Å². The third-order valence-electron chi connectivity index (χ3n) is 10.6. The number of hydrogen-bond donors (Lipinski definition) is 0. The smallest absolute Gasteiger partial charge is 0.180 e. The quantitative estimate of drug-likeness (QED) is 0.174. The molecular formula is C50H30N2O. The summed E-state index contributed by atoms with van der Waals surface area (Å²) in [6.45, 7) is 0. The molecule has 2 heterocycles. The van der Waals surface area contributed by atoms with Gasteiger partial charge in [0.2, 0.25) is 0 Å². The van der Waals surface area contributed by atoms with Crippen LogP contribution in [0, 0.1) is 0 Å². The first-order chi connectivity index (χ1) is 26.3. The summed E-state index contributed by atoms with van der Waals surface area (Å²) < 4.78 is 6.63. The minimum atomic E-state index is 0.674. The highest BCUT2D eigenvalue weighted by molar-refractivity contribution is 6.26. The lowest BCUT2D eigenvalue weighted by molar-refractivity contribution is 0.667. The lowest BCUT2D eigenvalue weighted by atomic mass is 9.91. The molecule has 0 unspecified atom stereocenters. The molecule has 0 fully saturated rings. The molecule has 0 amide bonds. The number of aromatic nitrogens is 2. The van der Waals surface area contributed by atoms with Crippen molar-refractivity contribution < 1.29 is 4.42 Å². The molecule has 0 aliphatic carbocycles. The molecule has 0 N–H and O–H groups in total. The second-order valence-corrected chi connectivity index (χ2v) is 13.7. The lowest BCUT2D eigenvalue weighted by Crippen LogP contribution is -1.94. The third-order valence-corrected chi connectivity index (χ3v) is 10.6. The minimum Gasteiger partial charge on any atom is -0.452 e. The van der Waals surface area contributed by atoms with Gasteiger partial charge in [0.25, 0.3) is 0 Å². The molecule has 0 radical (unpaired) electrons. The maximum absolute atomic E-state index is 6.63. The SMILES string of the molecule is c1ccc(-c2nc(-c3cccc(-c4cccc(-c5ccc6c7ccccc7c7ccccc7c6c5)c4)c3)c3oc4ccc5ccccc5c4c3n2)cc1. The van der Waals surface area contributed by atoms with Gasteiger partial charge in [-0.3, -0.25) is 0 Å². The van der Waals surface area contributed by atoms with Gasteiger partial charge < -0.3 is 4.42 Å². The first-order valence-electron chi connectivity index (χ1n) is 18.0. The highest BCUT2D eigenvalue weighted by Crippen LogP contribution is 2.41. The molecule has 0 saturated carbocycles. The maximum atomic E-state index is 6.63. The number of rotatable bonds is 4. The predicted molar refractivity (Wildman–Crippen MR) is 221 cm³/mol. The molecule has 0 atom stereocenters. The number of fused-ring (bicyclic) bond motifs is 11. The molecule has 11 aromatic rings. The van der Waals surface area contributed by atoms with Crippen molar-refractivity contribution in [3.8, 4) is 44.9 Å². The van der Waals surface area contributed by atoms with Gasteiger partial charge in [0.05, 0.1) is 5.39 Å². The van der Waals surface area contributed by atoms with Crippen LogP contribution in [0.4, 0.5) is 0 Å². The van der Waals surface area contributed by atoms with Gasteiger partial charge in [-0.15, -0.1) is 0 Å². The number of nitrogens with zero attached hydrogens (tertiary/aromatic N) is 2. The molecule has 53 heavy (non-hydrogen) atoms. The van der Waals surface area contributed by atoms with Gasteiger partial charge in [-0.1, -0.05) is 158 Å². The summed E-state index contributed by atoms with van der Waals surface area (Å²) >= 11 is 0. The molecule has 11 rings (SSSR count). The third kappa shape index (κ3) is 4.75. The van der Waals surface area contributed by atoms with Crippen LogP contribution in [0.5, 0.6) is 0 Å². The number of furan rings is 1. The highest BCUT2D eigenvalue weighted by Gasteiger charge is 2.20. The van der Waals surface area contributed by atoms with Crippen LogP contribution < -0.4 is 0 Å². The number of hydrogen-bond acceptors (Lipinski definition) is 3. The summed E-state index contributed by atoms with van der Waals surface area (Å²) in [6.07, 6.45) is 0. The zero-order valence-corrected chi connectivity index (χ0v) is 28.6. The molecule has 0 aliphatic heterocycles.